The Balaban J connectivity index is 2.60. The molecule has 15 heavy (non-hydrogen) atoms. The van der Waals surface area contributed by atoms with E-state index in [4.69, 9.17) is 0 Å². The molecule has 0 unspecified atom stereocenters. The van der Waals surface area contributed by atoms with Crippen LogP contribution in [0.25, 0.3) is 11.1 Å². The van der Waals surface area contributed by atoms with Gasteiger partial charge in [-0.2, -0.15) is 0 Å². The van der Waals surface area contributed by atoms with Crippen molar-refractivity contribution in [2.24, 2.45) is 7.05 Å². The molecule has 0 spiro atoms. The molecule has 0 bridgehead atoms. The molecule has 76 valence electrons. The van der Waals surface area contributed by atoms with Crippen LogP contribution in [-0.4, -0.2) is 4.98 Å². The standard InChI is InChI=1S/C13H15N2/c1-10-8-14-6-4-12(10)13-5-7-15(3)9-11(13)2/h4-9H,1-3H3/q+1. The second-order valence-corrected chi connectivity index (χ2v) is 3.90. The SMILES string of the molecule is Cc1cnccc1-c1cc[n+](C)cc1C. The van der Waals surface area contributed by atoms with Gasteiger partial charge in [0.25, 0.3) is 0 Å². The van der Waals surface area contributed by atoms with Gasteiger partial charge < -0.3 is 0 Å². The first-order valence-corrected chi connectivity index (χ1v) is 5.05. The Bertz CT molecular complexity index is 490. The summed E-state index contributed by atoms with van der Waals surface area (Å²) in [5.41, 5.74) is 5.06. The summed E-state index contributed by atoms with van der Waals surface area (Å²) >= 11 is 0. The molecule has 0 amide bonds. The van der Waals surface area contributed by atoms with E-state index in [1.807, 2.05) is 19.4 Å². The summed E-state index contributed by atoms with van der Waals surface area (Å²) in [5, 5.41) is 0. The molecule has 0 aliphatic heterocycles. The van der Waals surface area contributed by atoms with Gasteiger partial charge in [0.05, 0.1) is 0 Å². The molecule has 0 aromatic carbocycles. The van der Waals surface area contributed by atoms with Gasteiger partial charge in [-0.1, -0.05) is 0 Å². The average molecular weight is 199 g/mol. The van der Waals surface area contributed by atoms with Crippen LogP contribution in [0.1, 0.15) is 11.1 Å². The maximum atomic E-state index is 4.11. The summed E-state index contributed by atoms with van der Waals surface area (Å²) in [6.45, 7) is 4.23. The van der Waals surface area contributed by atoms with E-state index >= 15 is 0 Å². The first kappa shape index (κ1) is 9.84. The quantitative estimate of drug-likeness (QED) is 0.643. The van der Waals surface area contributed by atoms with Crippen molar-refractivity contribution in [1.82, 2.24) is 4.98 Å². The molecule has 2 heterocycles. The lowest BCUT2D eigenvalue weighted by Crippen LogP contribution is -2.26. The minimum atomic E-state index is 1.22. The van der Waals surface area contributed by atoms with Gasteiger partial charge in [-0.3, -0.25) is 4.98 Å². The van der Waals surface area contributed by atoms with Crippen LogP contribution in [0, 0.1) is 13.8 Å². The van der Waals surface area contributed by atoms with Crippen LogP contribution in [0.2, 0.25) is 0 Å². The zero-order valence-electron chi connectivity index (χ0n) is 9.36. The number of aromatic nitrogens is 2. The van der Waals surface area contributed by atoms with Gasteiger partial charge >= 0.3 is 0 Å². The van der Waals surface area contributed by atoms with Crippen LogP contribution in [0.15, 0.2) is 36.9 Å². The van der Waals surface area contributed by atoms with Crippen molar-refractivity contribution >= 4 is 0 Å². The summed E-state index contributed by atoms with van der Waals surface area (Å²) in [7, 11) is 2.04. The molecule has 2 aromatic heterocycles. The third kappa shape index (κ3) is 1.89. The molecular formula is C13H15N2+. The van der Waals surface area contributed by atoms with Crippen molar-refractivity contribution in [3.63, 3.8) is 0 Å². The number of pyridine rings is 2. The lowest BCUT2D eigenvalue weighted by molar-refractivity contribution is -0.671. The highest BCUT2D eigenvalue weighted by atomic mass is 14.9. The van der Waals surface area contributed by atoms with Crippen molar-refractivity contribution in [3.05, 3.63) is 48.0 Å². The molecule has 0 N–H and O–H groups in total. The number of aryl methyl sites for hydroxylation is 3. The van der Waals surface area contributed by atoms with Gasteiger partial charge in [0.2, 0.25) is 0 Å². The Kier molecular flexibility index (Phi) is 2.50. The first-order chi connectivity index (χ1) is 7.18. The molecular weight excluding hydrogens is 184 g/mol. The van der Waals surface area contributed by atoms with Crippen molar-refractivity contribution in [2.75, 3.05) is 0 Å². The van der Waals surface area contributed by atoms with Gasteiger partial charge in [0.1, 0.15) is 7.05 Å². The van der Waals surface area contributed by atoms with E-state index in [1.165, 1.54) is 22.3 Å². The summed E-state index contributed by atoms with van der Waals surface area (Å²) < 4.78 is 2.06. The van der Waals surface area contributed by atoms with Crippen LogP contribution in [0.4, 0.5) is 0 Å². The van der Waals surface area contributed by atoms with E-state index in [2.05, 4.69) is 47.9 Å². The van der Waals surface area contributed by atoms with Crippen LogP contribution in [0.3, 0.4) is 0 Å². The Hall–Kier alpha value is -1.70. The fraction of sp³-hybridized carbons (Fsp3) is 0.231. The second kappa shape index (κ2) is 3.81. The fourth-order valence-corrected chi connectivity index (χ4v) is 1.82. The molecule has 2 heteroatoms. The van der Waals surface area contributed by atoms with Gasteiger partial charge in [-0.15, -0.1) is 0 Å². The minimum Gasteiger partial charge on any atom is -0.264 e. The normalized spacial score (nSPS) is 10.3. The third-order valence-corrected chi connectivity index (χ3v) is 2.61. The summed E-state index contributed by atoms with van der Waals surface area (Å²) in [6, 6.07) is 4.22. The Morgan fingerprint density at radius 2 is 1.80 bits per heavy atom. The maximum absolute atomic E-state index is 4.11. The highest BCUT2D eigenvalue weighted by Gasteiger charge is 2.07. The Morgan fingerprint density at radius 3 is 2.47 bits per heavy atom. The first-order valence-electron chi connectivity index (χ1n) is 5.05. The molecule has 0 aliphatic carbocycles. The summed E-state index contributed by atoms with van der Waals surface area (Å²) in [5.74, 6) is 0. The minimum absolute atomic E-state index is 1.22. The largest absolute Gasteiger partial charge is 0.264 e. The van der Waals surface area contributed by atoms with Gasteiger partial charge in [0.15, 0.2) is 12.4 Å². The summed E-state index contributed by atoms with van der Waals surface area (Å²) in [4.78, 5) is 4.11. The molecule has 0 saturated heterocycles. The van der Waals surface area contributed by atoms with E-state index in [9.17, 15) is 0 Å². The second-order valence-electron chi connectivity index (χ2n) is 3.90. The lowest BCUT2D eigenvalue weighted by atomic mass is 10.0. The predicted octanol–water partition coefficient (Wildman–Crippen LogP) is 2.19. The van der Waals surface area contributed by atoms with E-state index in [0.717, 1.165) is 0 Å². The highest BCUT2D eigenvalue weighted by Crippen LogP contribution is 2.24. The number of rotatable bonds is 1. The monoisotopic (exact) mass is 199 g/mol. The van der Waals surface area contributed by atoms with Crippen molar-refractivity contribution in [2.45, 2.75) is 13.8 Å². The molecule has 0 saturated carbocycles. The van der Waals surface area contributed by atoms with Crippen LogP contribution < -0.4 is 4.57 Å². The highest BCUT2D eigenvalue weighted by molar-refractivity contribution is 5.68. The Morgan fingerprint density at radius 1 is 1.07 bits per heavy atom. The zero-order chi connectivity index (χ0) is 10.8. The summed E-state index contributed by atoms with van der Waals surface area (Å²) in [6.07, 6.45) is 7.95. The molecule has 2 rings (SSSR count). The molecule has 0 radical (unpaired) electrons. The smallest absolute Gasteiger partial charge is 0.172 e. The topological polar surface area (TPSA) is 16.8 Å². The molecule has 2 nitrogen and oxygen atoms in total. The fourth-order valence-electron chi connectivity index (χ4n) is 1.82. The zero-order valence-corrected chi connectivity index (χ0v) is 9.36. The Labute approximate surface area is 90.2 Å². The number of nitrogens with zero attached hydrogens (tertiary/aromatic N) is 2. The van der Waals surface area contributed by atoms with E-state index in [0.29, 0.717) is 0 Å². The third-order valence-electron chi connectivity index (χ3n) is 2.61. The van der Waals surface area contributed by atoms with Gasteiger partial charge in [0, 0.05) is 24.0 Å². The van der Waals surface area contributed by atoms with Gasteiger partial charge in [-0.25, -0.2) is 4.57 Å². The van der Waals surface area contributed by atoms with Crippen LogP contribution in [-0.2, 0) is 7.05 Å². The van der Waals surface area contributed by atoms with E-state index in [-0.39, 0.29) is 0 Å². The van der Waals surface area contributed by atoms with E-state index in [1.54, 1.807) is 0 Å². The van der Waals surface area contributed by atoms with Crippen molar-refractivity contribution in [1.29, 1.82) is 0 Å². The molecule has 2 aromatic rings. The molecule has 0 fully saturated rings. The number of hydrogen-bond acceptors (Lipinski definition) is 1. The van der Waals surface area contributed by atoms with Crippen molar-refractivity contribution in [3.8, 4) is 11.1 Å². The van der Waals surface area contributed by atoms with Crippen LogP contribution >= 0.6 is 0 Å². The van der Waals surface area contributed by atoms with Crippen LogP contribution in [0.5, 0.6) is 0 Å². The van der Waals surface area contributed by atoms with Crippen molar-refractivity contribution < 1.29 is 4.57 Å². The predicted molar refractivity (Wildman–Crippen MR) is 60.3 cm³/mol. The van der Waals surface area contributed by atoms with E-state index < -0.39 is 0 Å². The molecule has 0 aliphatic rings. The molecule has 0 atom stereocenters. The number of hydrogen-bond donors (Lipinski definition) is 0. The maximum Gasteiger partial charge on any atom is 0.172 e. The average Bonchev–Trinajstić information content (AvgIpc) is 2.20. The van der Waals surface area contributed by atoms with Gasteiger partial charge in [-0.05, 0) is 36.6 Å². The lowest BCUT2D eigenvalue weighted by Gasteiger charge is -2.06.